The number of thioether (sulfide) groups is 1. The molecule has 0 saturated carbocycles. The zero-order valence-corrected chi connectivity index (χ0v) is 16.3. The Balaban J connectivity index is 1.82. The third-order valence-electron chi connectivity index (χ3n) is 4.37. The molecule has 7 nitrogen and oxygen atoms in total. The molecule has 0 aliphatic carbocycles. The Bertz CT molecular complexity index is 730. The Hall–Kier alpha value is -2.19. The van der Waals surface area contributed by atoms with Gasteiger partial charge in [-0.25, -0.2) is 0 Å². The molecule has 8 heteroatoms. The fourth-order valence-corrected chi connectivity index (χ4v) is 3.83. The third-order valence-corrected chi connectivity index (χ3v) is 5.41. The number of rotatable bonds is 4. The van der Waals surface area contributed by atoms with Crippen LogP contribution in [0.4, 0.5) is 0 Å². The van der Waals surface area contributed by atoms with Gasteiger partial charge in [0.2, 0.25) is 5.75 Å². The number of amides is 1. The predicted octanol–water partition coefficient (Wildman–Crippen LogP) is 1.93. The van der Waals surface area contributed by atoms with Crippen LogP contribution in [-0.2, 0) is 4.79 Å². The minimum atomic E-state index is -0.210. The summed E-state index contributed by atoms with van der Waals surface area (Å²) in [6, 6.07) is 3.63. The van der Waals surface area contributed by atoms with Crippen molar-refractivity contribution in [2.24, 2.45) is 4.99 Å². The van der Waals surface area contributed by atoms with Crippen molar-refractivity contribution >= 4 is 28.9 Å². The van der Waals surface area contributed by atoms with Crippen LogP contribution in [0.25, 0.3) is 6.08 Å². The Morgan fingerprint density at radius 1 is 1.04 bits per heavy atom. The predicted molar refractivity (Wildman–Crippen MR) is 103 cm³/mol. The second kappa shape index (κ2) is 8.01. The number of ether oxygens (including phenoxy) is 3. The molecule has 26 heavy (non-hydrogen) atoms. The van der Waals surface area contributed by atoms with Gasteiger partial charge in [0.15, 0.2) is 16.7 Å². The SMILES string of the molecule is COc1cc(/C=C2\SC(N3CCN(C)CC3)=NC2=O)cc(OC)c1OC. The van der Waals surface area contributed by atoms with E-state index in [2.05, 4.69) is 21.8 Å². The minimum absolute atomic E-state index is 0.210. The van der Waals surface area contributed by atoms with Crippen molar-refractivity contribution in [2.75, 3.05) is 54.6 Å². The molecule has 2 aliphatic heterocycles. The number of hydrogen-bond donors (Lipinski definition) is 0. The van der Waals surface area contributed by atoms with Gasteiger partial charge in [-0.1, -0.05) is 0 Å². The van der Waals surface area contributed by atoms with Crippen LogP contribution in [0.2, 0.25) is 0 Å². The van der Waals surface area contributed by atoms with Crippen LogP contribution in [0.1, 0.15) is 5.56 Å². The van der Waals surface area contributed by atoms with E-state index in [0.29, 0.717) is 22.2 Å². The molecule has 1 aromatic rings. The van der Waals surface area contributed by atoms with E-state index in [1.807, 2.05) is 18.2 Å². The standard InChI is InChI=1S/C18H23N3O4S/c1-20-5-7-21(8-6-20)18-19-17(22)15(26-18)11-12-9-13(23-2)16(25-4)14(10-12)24-3/h9-11H,5-8H2,1-4H3/b15-11-. The molecule has 0 aromatic heterocycles. The van der Waals surface area contributed by atoms with Gasteiger partial charge in [-0.3, -0.25) is 4.79 Å². The lowest BCUT2D eigenvalue weighted by Gasteiger charge is -2.32. The molecule has 0 radical (unpaired) electrons. The van der Waals surface area contributed by atoms with Gasteiger partial charge in [0, 0.05) is 26.2 Å². The van der Waals surface area contributed by atoms with Crippen molar-refractivity contribution in [1.29, 1.82) is 0 Å². The number of benzene rings is 1. The normalized spacial score (nSPS) is 19.7. The van der Waals surface area contributed by atoms with Gasteiger partial charge in [0.05, 0.1) is 26.2 Å². The van der Waals surface area contributed by atoms with Gasteiger partial charge in [0.1, 0.15) is 0 Å². The Labute approximate surface area is 157 Å². The van der Waals surface area contributed by atoms with Crippen LogP contribution in [0, 0.1) is 0 Å². The number of carbonyl (C=O) groups is 1. The number of hydrogen-bond acceptors (Lipinski definition) is 7. The van der Waals surface area contributed by atoms with E-state index in [4.69, 9.17) is 14.2 Å². The number of likely N-dealkylation sites (N-methyl/N-ethyl adjacent to an activating group) is 1. The van der Waals surface area contributed by atoms with Crippen LogP contribution in [0.15, 0.2) is 22.0 Å². The Morgan fingerprint density at radius 3 is 2.19 bits per heavy atom. The maximum absolute atomic E-state index is 12.3. The van der Waals surface area contributed by atoms with E-state index >= 15 is 0 Å². The van der Waals surface area contributed by atoms with Crippen LogP contribution < -0.4 is 14.2 Å². The highest BCUT2D eigenvalue weighted by Crippen LogP contribution is 2.40. The van der Waals surface area contributed by atoms with Gasteiger partial charge in [-0.2, -0.15) is 4.99 Å². The molecule has 1 amide bonds. The number of carbonyl (C=O) groups excluding carboxylic acids is 1. The molecular formula is C18H23N3O4S. The number of amidine groups is 1. The first kappa shape index (κ1) is 18.6. The van der Waals surface area contributed by atoms with Gasteiger partial charge >= 0.3 is 0 Å². The van der Waals surface area contributed by atoms with Crippen molar-refractivity contribution in [2.45, 2.75) is 0 Å². The quantitative estimate of drug-likeness (QED) is 0.743. The van der Waals surface area contributed by atoms with E-state index in [-0.39, 0.29) is 5.91 Å². The lowest BCUT2D eigenvalue weighted by Crippen LogP contribution is -2.46. The molecule has 2 heterocycles. The topological polar surface area (TPSA) is 63.6 Å². The van der Waals surface area contributed by atoms with Gasteiger partial charge in [-0.15, -0.1) is 0 Å². The van der Waals surface area contributed by atoms with E-state index in [1.54, 1.807) is 21.3 Å². The van der Waals surface area contributed by atoms with Gasteiger partial charge in [-0.05, 0) is 42.6 Å². The zero-order valence-electron chi connectivity index (χ0n) is 15.4. The average molecular weight is 377 g/mol. The summed E-state index contributed by atoms with van der Waals surface area (Å²) in [5.74, 6) is 1.42. The number of nitrogens with zero attached hydrogens (tertiary/aromatic N) is 3. The molecule has 1 aromatic carbocycles. The highest BCUT2D eigenvalue weighted by Gasteiger charge is 2.28. The van der Waals surface area contributed by atoms with E-state index < -0.39 is 0 Å². The fraction of sp³-hybridized carbons (Fsp3) is 0.444. The zero-order chi connectivity index (χ0) is 18.7. The fourth-order valence-electron chi connectivity index (χ4n) is 2.87. The van der Waals surface area contributed by atoms with Gasteiger partial charge in [0.25, 0.3) is 5.91 Å². The number of aliphatic imine (C=N–C) groups is 1. The molecule has 1 fully saturated rings. The van der Waals surface area contributed by atoms with Crippen molar-refractivity contribution in [3.63, 3.8) is 0 Å². The molecule has 1 saturated heterocycles. The number of methoxy groups -OCH3 is 3. The molecule has 140 valence electrons. The van der Waals surface area contributed by atoms with Crippen molar-refractivity contribution in [3.8, 4) is 17.2 Å². The second-order valence-corrected chi connectivity index (χ2v) is 7.07. The molecule has 0 atom stereocenters. The van der Waals surface area contributed by atoms with Crippen LogP contribution >= 0.6 is 11.8 Å². The summed E-state index contributed by atoms with van der Waals surface area (Å²) in [7, 11) is 6.80. The molecule has 2 aliphatic rings. The summed E-state index contributed by atoms with van der Waals surface area (Å²) in [5.41, 5.74) is 0.796. The maximum atomic E-state index is 12.3. The summed E-state index contributed by atoms with van der Waals surface area (Å²) in [6.45, 7) is 3.71. The molecule has 0 spiro atoms. The van der Waals surface area contributed by atoms with Crippen LogP contribution in [0.5, 0.6) is 17.2 Å². The smallest absolute Gasteiger partial charge is 0.286 e. The largest absolute Gasteiger partial charge is 0.493 e. The minimum Gasteiger partial charge on any atom is -0.493 e. The lowest BCUT2D eigenvalue weighted by atomic mass is 10.1. The summed E-state index contributed by atoms with van der Waals surface area (Å²) >= 11 is 1.41. The first-order valence-electron chi connectivity index (χ1n) is 8.31. The van der Waals surface area contributed by atoms with Gasteiger partial charge < -0.3 is 24.0 Å². The monoisotopic (exact) mass is 377 g/mol. The molecule has 0 N–H and O–H groups in total. The second-order valence-electron chi connectivity index (χ2n) is 6.06. The number of piperazine rings is 1. The summed E-state index contributed by atoms with van der Waals surface area (Å²) in [4.78, 5) is 21.6. The lowest BCUT2D eigenvalue weighted by molar-refractivity contribution is -0.113. The van der Waals surface area contributed by atoms with Crippen LogP contribution in [0.3, 0.4) is 0 Å². The Morgan fingerprint density at radius 2 is 1.65 bits per heavy atom. The maximum Gasteiger partial charge on any atom is 0.286 e. The first-order chi connectivity index (χ1) is 12.5. The highest BCUT2D eigenvalue weighted by atomic mass is 32.2. The molecule has 0 unspecified atom stereocenters. The molecule has 0 bridgehead atoms. The molecule has 3 rings (SSSR count). The summed E-state index contributed by atoms with van der Waals surface area (Å²) in [5, 5.41) is 0.779. The summed E-state index contributed by atoms with van der Waals surface area (Å²) in [6.07, 6.45) is 1.81. The van der Waals surface area contributed by atoms with E-state index in [0.717, 1.165) is 36.9 Å². The van der Waals surface area contributed by atoms with Crippen molar-refractivity contribution in [1.82, 2.24) is 9.80 Å². The van der Waals surface area contributed by atoms with Crippen molar-refractivity contribution in [3.05, 3.63) is 22.6 Å². The highest BCUT2D eigenvalue weighted by molar-refractivity contribution is 8.18. The first-order valence-corrected chi connectivity index (χ1v) is 9.13. The van der Waals surface area contributed by atoms with Crippen molar-refractivity contribution < 1.29 is 19.0 Å². The van der Waals surface area contributed by atoms with Crippen LogP contribution in [-0.4, -0.2) is 75.4 Å². The Kier molecular flexibility index (Phi) is 5.73. The molecular weight excluding hydrogens is 354 g/mol. The average Bonchev–Trinajstić information content (AvgIpc) is 3.01. The van der Waals surface area contributed by atoms with E-state index in [9.17, 15) is 4.79 Å². The third kappa shape index (κ3) is 3.81. The van der Waals surface area contributed by atoms with E-state index in [1.165, 1.54) is 11.8 Å². The summed E-state index contributed by atoms with van der Waals surface area (Å²) < 4.78 is 16.1.